The van der Waals surface area contributed by atoms with Crippen LogP contribution in [0.25, 0.3) is 0 Å². The Balaban J connectivity index is 1.69. The Hall–Kier alpha value is -1.40. The lowest BCUT2D eigenvalue weighted by Gasteiger charge is -2.20. The van der Waals surface area contributed by atoms with Crippen molar-refractivity contribution in [3.8, 4) is 0 Å². The number of carbonyl (C=O) groups excluding carboxylic acids is 1. The van der Waals surface area contributed by atoms with Gasteiger partial charge in [-0.25, -0.2) is 0 Å². The Bertz CT molecular complexity index is 454. The van der Waals surface area contributed by atoms with Crippen LogP contribution in [0, 0.1) is 6.92 Å². The van der Waals surface area contributed by atoms with Gasteiger partial charge in [0, 0.05) is 25.4 Å². The van der Waals surface area contributed by atoms with Gasteiger partial charge in [-0.15, -0.1) is 0 Å². The van der Waals surface area contributed by atoms with E-state index >= 15 is 0 Å². The summed E-state index contributed by atoms with van der Waals surface area (Å²) in [5.74, 6) is 0.0222. The molecule has 1 aromatic rings. The van der Waals surface area contributed by atoms with Gasteiger partial charge in [0.15, 0.2) is 0 Å². The number of hydrogen-bond donors (Lipinski definition) is 2. The maximum atomic E-state index is 12.0. The van der Waals surface area contributed by atoms with Gasteiger partial charge >= 0.3 is 0 Å². The van der Waals surface area contributed by atoms with Crippen molar-refractivity contribution in [2.24, 2.45) is 0 Å². The van der Waals surface area contributed by atoms with Crippen LogP contribution in [-0.2, 0) is 16.1 Å². The van der Waals surface area contributed by atoms with Crippen LogP contribution in [0.15, 0.2) is 12.4 Å². The lowest BCUT2D eigenvalue weighted by molar-refractivity contribution is -0.123. The molecule has 0 aromatic carbocycles. The van der Waals surface area contributed by atoms with Gasteiger partial charge in [0.05, 0.1) is 24.9 Å². The number of carbonyl (C=O) groups is 1. The van der Waals surface area contributed by atoms with E-state index in [1.165, 1.54) is 0 Å². The average Bonchev–Trinajstić information content (AvgIpc) is 3.07. The molecular formula is C15H26N4O2. The maximum Gasteiger partial charge on any atom is 0.236 e. The second kappa shape index (κ2) is 7.56. The molecule has 1 aliphatic rings. The fraction of sp³-hybridized carbons (Fsp3) is 0.733. The SMILES string of the molecule is Cc1cnn(C[C@H](C)N[C@H](C)C(=O)NC[C@H]2CCCO2)c1. The van der Waals surface area contributed by atoms with Crippen LogP contribution in [0.4, 0.5) is 0 Å². The molecule has 6 heteroatoms. The number of amides is 1. The third kappa shape index (κ3) is 5.13. The van der Waals surface area contributed by atoms with Gasteiger partial charge in [-0.05, 0) is 39.2 Å². The van der Waals surface area contributed by atoms with E-state index in [0.717, 1.165) is 31.6 Å². The first kappa shape index (κ1) is 16.0. The van der Waals surface area contributed by atoms with Crippen molar-refractivity contribution < 1.29 is 9.53 Å². The number of rotatable bonds is 7. The lowest BCUT2D eigenvalue weighted by Crippen LogP contribution is -2.48. The highest BCUT2D eigenvalue weighted by atomic mass is 16.5. The first-order chi connectivity index (χ1) is 10.0. The summed E-state index contributed by atoms with van der Waals surface area (Å²) in [6, 6.07) is -0.0501. The number of aryl methyl sites for hydroxylation is 1. The second-order valence-corrected chi connectivity index (χ2v) is 5.91. The predicted molar refractivity (Wildman–Crippen MR) is 81.0 cm³/mol. The van der Waals surface area contributed by atoms with Crippen LogP contribution in [0.1, 0.15) is 32.3 Å². The standard InChI is InChI=1S/C15H26N4O2/c1-11-7-17-19(9-11)10-12(2)18-13(3)15(20)16-8-14-5-4-6-21-14/h7,9,12-14,18H,4-6,8,10H2,1-3H3,(H,16,20)/t12-,13+,14+/m0/s1. The summed E-state index contributed by atoms with van der Waals surface area (Å²) in [6.45, 7) is 8.13. The zero-order chi connectivity index (χ0) is 15.2. The lowest BCUT2D eigenvalue weighted by atomic mass is 10.2. The average molecular weight is 294 g/mol. The zero-order valence-corrected chi connectivity index (χ0v) is 13.1. The van der Waals surface area contributed by atoms with E-state index in [1.807, 2.05) is 30.9 Å². The molecule has 2 heterocycles. The smallest absolute Gasteiger partial charge is 0.236 e. The second-order valence-electron chi connectivity index (χ2n) is 5.91. The van der Waals surface area contributed by atoms with Crippen LogP contribution in [0.2, 0.25) is 0 Å². The monoisotopic (exact) mass is 294 g/mol. The molecule has 1 fully saturated rings. The number of nitrogens with zero attached hydrogens (tertiary/aromatic N) is 2. The van der Waals surface area contributed by atoms with Crippen molar-refractivity contribution in [2.75, 3.05) is 13.2 Å². The minimum absolute atomic E-state index is 0.0222. The molecule has 1 saturated heterocycles. The van der Waals surface area contributed by atoms with Gasteiger partial charge in [-0.2, -0.15) is 5.10 Å². The van der Waals surface area contributed by atoms with Crippen molar-refractivity contribution in [3.05, 3.63) is 18.0 Å². The molecule has 3 atom stereocenters. The predicted octanol–water partition coefficient (Wildman–Crippen LogP) is 0.853. The Labute approximate surface area is 126 Å². The van der Waals surface area contributed by atoms with Crippen molar-refractivity contribution >= 4 is 5.91 Å². The molecule has 1 aromatic heterocycles. The fourth-order valence-corrected chi connectivity index (χ4v) is 2.58. The van der Waals surface area contributed by atoms with Crippen molar-refractivity contribution in [1.29, 1.82) is 0 Å². The van der Waals surface area contributed by atoms with Gasteiger partial charge in [-0.3, -0.25) is 9.48 Å². The molecule has 118 valence electrons. The van der Waals surface area contributed by atoms with E-state index in [-0.39, 0.29) is 24.1 Å². The van der Waals surface area contributed by atoms with Gasteiger partial charge in [0.1, 0.15) is 0 Å². The van der Waals surface area contributed by atoms with Gasteiger partial charge in [0.25, 0.3) is 0 Å². The van der Waals surface area contributed by atoms with E-state index in [1.54, 1.807) is 0 Å². The third-order valence-electron chi connectivity index (χ3n) is 3.68. The largest absolute Gasteiger partial charge is 0.376 e. The van der Waals surface area contributed by atoms with Crippen LogP contribution in [0.3, 0.4) is 0 Å². The van der Waals surface area contributed by atoms with Crippen LogP contribution >= 0.6 is 0 Å². The minimum Gasteiger partial charge on any atom is -0.376 e. The molecule has 2 rings (SSSR count). The summed E-state index contributed by atoms with van der Waals surface area (Å²) in [6.07, 6.45) is 6.15. The Morgan fingerprint density at radius 3 is 3.00 bits per heavy atom. The normalized spacial score (nSPS) is 21.2. The Morgan fingerprint density at radius 2 is 2.38 bits per heavy atom. The molecule has 0 saturated carbocycles. The zero-order valence-electron chi connectivity index (χ0n) is 13.1. The minimum atomic E-state index is -0.224. The van der Waals surface area contributed by atoms with E-state index in [2.05, 4.69) is 22.7 Å². The van der Waals surface area contributed by atoms with Crippen molar-refractivity contribution in [1.82, 2.24) is 20.4 Å². The molecule has 2 N–H and O–H groups in total. The molecule has 21 heavy (non-hydrogen) atoms. The van der Waals surface area contributed by atoms with Crippen molar-refractivity contribution in [2.45, 2.75) is 58.3 Å². The molecule has 0 bridgehead atoms. The third-order valence-corrected chi connectivity index (χ3v) is 3.68. The molecule has 6 nitrogen and oxygen atoms in total. The molecule has 1 amide bonds. The van der Waals surface area contributed by atoms with Crippen LogP contribution in [0.5, 0.6) is 0 Å². The topological polar surface area (TPSA) is 68.2 Å². The number of hydrogen-bond acceptors (Lipinski definition) is 4. The Morgan fingerprint density at radius 1 is 1.57 bits per heavy atom. The van der Waals surface area contributed by atoms with E-state index in [0.29, 0.717) is 6.54 Å². The fourth-order valence-electron chi connectivity index (χ4n) is 2.58. The quantitative estimate of drug-likeness (QED) is 0.782. The molecule has 0 spiro atoms. The highest BCUT2D eigenvalue weighted by molar-refractivity contribution is 5.81. The number of aromatic nitrogens is 2. The van der Waals surface area contributed by atoms with Gasteiger partial charge in [-0.1, -0.05) is 0 Å². The summed E-state index contributed by atoms with van der Waals surface area (Å²) in [5, 5.41) is 10.5. The van der Waals surface area contributed by atoms with E-state index < -0.39 is 0 Å². The van der Waals surface area contributed by atoms with Crippen molar-refractivity contribution in [3.63, 3.8) is 0 Å². The number of nitrogens with one attached hydrogen (secondary N) is 2. The summed E-state index contributed by atoms with van der Waals surface area (Å²) >= 11 is 0. The molecule has 0 unspecified atom stereocenters. The maximum absolute atomic E-state index is 12.0. The summed E-state index contributed by atoms with van der Waals surface area (Å²) < 4.78 is 7.39. The van der Waals surface area contributed by atoms with Gasteiger partial charge < -0.3 is 15.4 Å². The first-order valence-electron chi connectivity index (χ1n) is 7.69. The summed E-state index contributed by atoms with van der Waals surface area (Å²) in [7, 11) is 0. The Kier molecular flexibility index (Phi) is 5.76. The number of ether oxygens (including phenoxy) is 1. The highest BCUT2D eigenvalue weighted by Crippen LogP contribution is 2.10. The highest BCUT2D eigenvalue weighted by Gasteiger charge is 2.19. The summed E-state index contributed by atoms with van der Waals surface area (Å²) in [4.78, 5) is 12.0. The van der Waals surface area contributed by atoms with Crippen LogP contribution < -0.4 is 10.6 Å². The first-order valence-corrected chi connectivity index (χ1v) is 7.69. The molecule has 0 radical (unpaired) electrons. The summed E-state index contributed by atoms with van der Waals surface area (Å²) in [5.41, 5.74) is 1.14. The van der Waals surface area contributed by atoms with E-state index in [4.69, 9.17) is 4.74 Å². The molecule has 0 aliphatic carbocycles. The van der Waals surface area contributed by atoms with Gasteiger partial charge in [0.2, 0.25) is 5.91 Å². The van der Waals surface area contributed by atoms with Crippen LogP contribution in [-0.4, -0.2) is 47.0 Å². The molecular weight excluding hydrogens is 268 g/mol. The van der Waals surface area contributed by atoms with E-state index in [9.17, 15) is 4.79 Å². The molecule has 1 aliphatic heterocycles.